The van der Waals surface area contributed by atoms with E-state index in [1.807, 2.05) is 0 Å². The first-order chi connectivity index (χ1) is 14.9. The normalized spacial score (nSPS) is 9.81. The van der Waals surface area contributed by atoms with Crippen molar-refractivity contribution in [3.63, 3.8) is 0 Å². The van der Waals surface area contributed by atoms with Crippen LogP contribution in [-0.2, 0) is 41.1 Å². The third-order valence-corrected chi connectivity index (χ3v) is 7.32. The quantitative estimate of drug-likeness (QED) is 0.174. The maximum Gasteiger partial charge on any atom is 0 e. The van der Waals surface area contributed by atoms with E-state index in [1.54, 1.807) is 0 Å². The molecule has 0 saturated carbocycles. The summed E-state index contributed by atoms with van der Waals surface area (Å²) in [5, 5.41) is 0. The van der Waals surface area contributed by atoms with Crippen LogP contribution in [0.25, 0.3) is 0 Å². The molecule has 0 spiro atoms. The van der Waals surface area contributed by atoms with Gasteiger partial charge in [0.2, 0.25) is 0 Å². The first kappa shape index (κ1) is 25.5. The maximum absolute atomic E-state index is 2.21. The summed E-state index contributed by atoms with van der Waals surface area (Å²) in [6.07, 6.45) is 4.82. The Morgan fingerprint density at radius 2 is 0.516 bits per heavy atom. The molecule has 0 fully saturated rings. The van der Waals surface area contributed by atoms with E-state index in [9.17, 15) is 0 Å². The summed E-state index contributed by atoms with van der Waals surface area (Å²) in [6.45, 7) is 0. The van der Waals surface area contributed by atoms with Gasteiger partial charge in [-0.25, -0.2) is 0 Å². The van der Waals surface area contributed by atoms with Gasteiger partial charge in [-0.15, -0.1) is 17.2 Å². The van der Waals surface area contributed by atoms with Gasteiger partial charge in [-0.05, 0) is 46.9 Å². The van der Waals surface area contributed by atoms with Crippen molar-refractivity contribution in [3.8, 4) is 0 Å². The fraction of sp³-hybridized carbons (Fsp3) is 0.143. The standard InChI is InChI=1S/2C14H15P.Ni/c2*1-3-7-13(8-4-1)11-15-12-14-9-5-2-6-10-14;/h2*1-10,15H,11-12H2;. The Hall–Kier alpha value is -1.77. The van der Waals surface area contributed by atoms with Crippen LogP contribution in [0.15, 0.2) is 121 Å². The maximum atomic E-state index is 2.21. The molecular formula is C28H30NiP2. The Balaban J connectivity index is 0.000000213. The van der Waals surface area contributed by atoms with Crippen molar-refractivity contribution in [2.45, 2.75) is 24.6 Å². The van der Waals surface area contributed by atoms with Gasteiger partial charge in [0, 0.05) is 16.5 Å². The molecule has 4 aromatic rings. The molecule has 3 heteroatoms. The first-order valence-corrected chi connectivity index (χ1v) is 13.3. The Bertz CT molecular complexity index is 770. The molecule has 0 nitrogen and oxygen atoms in total. The minimum atomic E-state index is 0. The van der Waals surface area contributed by atoms with Gasteiger partial charge in [0.25, 0.3) is 0 Å². The van der Waals surface area contributed by atoms with Crippen molar-refractivity contribution in [1.82, 2.24) is 0 Å². The molecule has 0 bridgehead atoms. The van der Waals surface area contributed by atoms with Gasteiger partial charge < -0.3 is 0 Å². The molecule has 0 atom stereocenters. The second kappa shape index (κ2) is 15.9. The van der Waals surface area contributed by atoms with Gasteiger partial charge in [-0.2, -0.15) is 0 Å². The number of rotatable bonds is 8. The van der Waals surface area contributed by atoms with Crippen molar-refractivity contribution in [2.75, 3.05) is 0 Å². The molecule has 4 aromatic carbocycles. The van der Waals surface area contributed by atoms with Crippen LogP contribution in [-0.4, -0.2) is 0 Å². The van der Waals surface area contributed by atoms with Gasteiger partial charge in [-0.3, -0.25) is 0 Å². The molecule has 4 rings (SSSR count). The van der Waals surface area contributed by atoms with Gasteiger partial charge in [0.05, 0.1) is 0 Å². The number of benzene rings is 4. The monoisotopic (exact) mass is 486 g/mol. The van der Waals surface area contributed by atoms with E-state index >= 15 is 0 Å². The third kappa shape index (κ3) is 10.9. The summed E-state index contributed by atoms with van der Waals surface area (Å²) in [7, 11) is 1.97. The predicted octanol–water partition coefficient (Wildman–Crippen LogP) is 8.13. The van der Waals surface area contributed by atoms with Crippen LogP contribution in [0.4, 0.5) is 0 Å². The van der Waals surface area contributed by atoms with Gasteiger partial charge in [0.1, 0.15) is 0 Å². The summed E-state index contributed by atoms with van der Waals surface area (Å²) in [5.74, 6) is 0. The molecule has 0 aliphatic rings. The molecule has 0 N–H and O–H groups in total. The molecule has 0 radical (unpaired) electrons. The van der Waals surface area contributed by atoms with Crippen LogP contribution >= 0.6 is 17.2 Å². The summed E-state index contributed by atoms with van der Waals surface area (Å²) < 4.78 is 0. The molecule has 31 heavy (non-hydrogen) atoms. The van der Waals surface area contributed by atoms with Crippen LogP contribution in [0.1, 0.15) is 22.3 Å². The Morgan fingerprint density at radius 1 is 0.323 bits per heavy atom. The zero-order chi connectivity index (χ0) is 20.7. The molecule has 0 aliphatic carbocycles. The fourth-order valence-corrected chi connectivity index (χ4v) is 5.43. The second-order valence-electron chi connectivity index (χ2n) is 7.15. The van der Waals surface area contributed by atoms with Gasteiger partial charge in [0.15, 0.2) is 0 Å². The van der Waals surface area contributed by atoms with E-state index in [2.05, 4.69) is 121 Å². The Morgan fingerprint density at radius 3 is 0.710 bits per heavy atom. The summed E-state index contributed by atoms with van der Waals surface area (Å²) in [4.78, 5) is 0. The Labute approximate surface area is 201 Å². The summed E-state index contributed by atoms with van der Waals surface area (Å²) in [5.41, 5.74) is 5.80. The summed E-state index contributed by atoms with van der Waals surface area (Å²) in [6, 6.07) is 42.9. The van der Waals surface area contributed by atoms with Crippen LogP contribution in [0, 0.1) is 0 Å². The number of hydrogen-bond donors (Lipinski definition) is 0. The van der Waals surface area contributed by atoms with Gasteiger partial charge >= 0.3 is 0 Å². The average Bonchev–Trinajstić information content (AvgIpc) is 2.82. The Kier molecular flexibility index (Phi) is 13.1. The van der Waals surface area contributed by atoms with E-state index in [-0.39, 0.29) is 16.5 Å². The topological polar surface area (TPSA) is 0 Å². The molecule has 0 heterocycles. The zero-order valence-corrected chi connectivity index (χ0v) is 20.7. The number of hydrogen-bond acceptors (Lipinski definition) is 0. The van der Waals surface area contributed by atoms with E-state index < -0.39 is 0 Å². The van der Waals surface area contributed by atoms with E-state index in [1.165, 1.54) is 46.9 Å². The SMILES string of the molecule is [Ni].c1ccc(CPCc2ccccc2)cc1.c1ccc(CPCc2ccccc2)cc1. The molecule has 0 aliphatic heterocycles. The first-order valence-electron chi connectivity index (χ1n) is 10.5. The second-order valence-corrected chi connectivity index (χ2v) is 9.56. The van der Waals surface area contributed by atoms with Crippen LogP contribution in [0.2, 0.25) is 0 Å². The third-order valence-electron chi connectivity index (χ3n) is 4.69. The van der Waals surface area contributed by atoms with Gasteiger partial charge in [-0.1, -0.05) is 121 Å². The zero-order valence-electron chi connectivity index (χ0n) is 17.7. The van der Waals surface area contributed by atoms with E-state index in [0.717, 1.165) is 17.2 Å². The molecule has 0 saturated heterocycles. The van der Waals surface area contributed by atoms with Crippen molar-refractivity contribution in [1.29, 1.82) is 0 Å². The smallest absolute Gasteiger partial charge is 0 e. The molecule has 162 valence electrons. The van der Waals surface area contributed by atoms with E-state index in [0.29, 0.717) is 0 Å². The fourth-order valence-electron chi connectivity index (χ4n) is 3.09. The van der Waals surface area contributed by atoms with Crippen LogP contribution in [0.3, 0.4) is 0 Å². The van der Waals surface area contributed by atoms with Crippen LogP contribution in [0.5, 0.6) is 0 Å². The molecule has 0 unspecified atom stereocenters. The van der Waals surface area contributed by atoms with Crippen LogP contribution < -0.4 is 0 Å². The van der Waals surface area contributed by atoms with Crippen molar-refractivity contribution < 1.29 is 16.5 Å². The average molecular weight is 487 g/mol. The molecule has 0 aromatic heterocycles. The molecular weight excluding hydrogens is 457 g/mol. The van der Waals surface area contributed by atoms with Crippen molar-refractivity contribution >= 4 is 17.2 Å². The van der Waals surface area contributed by atoms with E-state index in [4.69, 9.17) is 0 Å². The molecule has 0 amide bonds. The largest absolute Gasteiger partial charge is 0.113 e. The van der Waals surface area contributed by atoms with Crippen molar-refractivity contribution in [2.24, 2.45) is 0 Å². The predicted molar refractivity (Wildman–Crippen MR) is 137 cm³/mol. The summed E-state index contributed by atoms with van der Waals surface area (Å²) >= 11 is 0. The minimum absolute atomic E-state index is 0. The minimum Gasteiger partial charge on any atom is -0.113 e. The van der Waals surface area contributed by atoms with Crippen molar-refractivity contribution in [3.05, 3.63) is 144 Å².